The number of hydrogen-bond acceptors (Lipinski definition) is 8. The molecule has 10 heteroatoms. The number of likely N-dealkylation sites (tertiary alicyclic amines) is 1. The Hall–Kier alpha value is -2.56. The molecule has 1 spiro atoms. The highest BCUT2D eigenvalue weighted by molar-refractivity contribution is 7.96. The second kappa shape index (κ2) is 10.2. The molecule has 3 aromatic rings. The van der Waals surface area contributed by atoms with Crippen molar-refractivity contribution in [1.29, 1.82) is 0 Å². The lowest BCUT2D eigenvalue weighted by molar-refractivity contribution is -0.0382. The zero-order valence-electron chi connectivity index (χ0n) is 20.7. The van der Waals surface area contributed by atoms with Crippen LogP contribution in [0.15, 0.2) is 29.1 Å². The molecule has 35 heavy (non-hydrogen) atoms. The number of H-pyrrole nitrogens is 1. The molecule has 1 aromatic carbocycles. The summed E-state index contributed by atoms with van der Waals surface area (Å²) >= 11 is 1.87. The number of rotatable bonds is 9. The van der Waals surface area contributed by atoms with Crippen molar-refractivity contribution >= 4 is 34.9 Å². The minimum atomic E-state index is -0.228. The van der Waals surface area contributed by atoms with Gasteiger partial charge in [0.2, 0.25) is 5.95 Å². The second-order valence-electron chi connectivity index (χ2n) is 10.0. The number of nitrogen functional groups attached to an aromatic ring is 1. The van der Waals surface area contributed by atoms with Gasteiger partial charge < -0.3 is 16.0 Å². The molecule has 4 heterocycles. The van der Waals surface area contributed by atoms with Gasteiger partial charge in [-0.2, -0.15) is 9.97 Å². The molecule has 2 aromatic heterocycles. The molecule has 5 rings (SSSR count). The highest BCUT2D eigenvalue weighted by atomic mass is 32.2. The molecule has 0 bridgehead atoms. The zero-order chi connectivity index (χ0) is 24.4. The van der Waals surface area contributed by atoms with Gasteiger partial charge in [-0.25, -0.2) is 4.79 Å². The Balaban J connectivity index is 1.22. The van der Waals surface area contributed by atoms with Gasteiger partial charge in [0.1, 0.15) is 5.52 Å². The smallest absolute Gasteiger partial charge is 0.328 e. The predicted molar refractivity (Wildman–Crippen MR) is 144 cm³/mol. The number of aromatic nitrogens is 4. The highest BCUT2D eigenvalue weighted by Crippen LogP contribution is 2.41. The topological polar surface area (TPSA) is 108 Å². The lowest BCUT2D eigenvalue weighted by atomic mass is 9.72. The quantitative estimate of drug-likeness (QED) is 0.306. The average Bonchev–Trinajstić information content (AvgIpc) is 3.15. The van der Waals surface area contributed by atoms with E-state index in [0.29, 0.717) is 29.1 Å². The number of imidazole rings is 1. The minimum Gasteiger partial charge on any atom is -0.382 e. The van der Waals surface area contributed by atoms with Gasteiger partial charge in [-0.1, -0.05) is 49.6 Å². The van der Waals surface area contributed by atoms with Gasteiger partial charge in [0.05, 0.1) is 6.54 Å². The molecule has 2 aliphatic heterocycles. The first kappa shape index (κ1) is 24.1. The normalized spacial score (nSPS) is 18.2. The fourth-order valence-electron chi connectivity index (χ4n) is 5.32. The molecule has 0 radical (unpaired) electrons. The Morgan fingerprint density at radius 3 is 2.46 bits per heavy atom. The first-order valence-corrected chi connectivity index (χ1v) is 13.8. The van der Waals surface area contributed by atoms with Crippen LogP contribution in [0, 0.1) is 5.41 Å². The Bertz CT molecular complexity index is 1200. The number of unbranched alkanes of at least 4 members (excludes halogenated alkanes) is 1. The molecule has 9 nitrogen and oxygen atoms in total. The van der Waals surface area contributed by atoms with E-state index >= 15 is 0 Å². The van der Waals surface area contributed by atoms with Crippen molar-refractivity contribution in [3.05, 3.63) is 45.9 Å². The summed E-state index contributed by atoms with van der Waals surface area (Å²) in [5, 5.41) is 3.20. The number of nitrogens with zero attached hydrogens (tertiary/aromatic N) is 5. The molecule has 0 unspecified atom stereocenters. The number of anilines is 2. The van der Waals surface area contributed by atoms with Crippen molar-refractivity contribution in [3.63, 3.8) is 0 Å². The first-order valence-electron chi connectivity index (χ1n) is 12.6. The Morgan fingerprint density at radius 1 is 1.11 bits per heavy atom. The third-order valence-corrected chi connectivity index (χ3v) is 8.27. The van der Waals surface area contributed by atoms with Crippen LogP contribution in [0.4, 0.5) is 11.8 Å². The van der Waals surface area contributed by atoms with Crippen LogP contribution in [0.25, 0.3) is 11.2 Å². The minimum absolute atomic E-state index is 0.228. The third-order valence-electron chi connectivity index (χ3n) is 7.39. The van der Waals surface area contributed by atoms with Gasteiger partial charge >= 0.3 is 5.69 Å². The number of benzene rings is 1. The van der Waals surface area contributed by atoms with E-state index in [9.17, 15) is 4.79 Å². The second-order valence-corrected chi connectivity index (χ2v) is 10.9. The lowest BCUT2D eigenvalue weighted by Gasteiger charge is -2.54. The lowest BCUT2D eigenvalue weighted by Crippen LogP contribution is -2.59. The van der Waals surface area contributed by atoms with Crippen molar-refractivity contribution in [2.45, 2.75) is 45.7 Å². The van der Waals surface area contributed by atoms with Crippen LogP contribution in [-0.4, -0.2) is 67.7 Å². The summed E-state index contributed by atoms with van der Waals surface area (Å²) in [4.78, 5) is 26.9. The van der Waals surface area contributed by atoms with E-state index < -0.39 is 0 Å². The standard InChI is InChI=1S/C25H36N8OS/c1-3-4-11-27-23-29-21(26)20-22(30-23)33(24(34)28-20)15-19-7-5-18(6-8-19)14-31-16-25(17-31)9-12-32(35-2)13-10-25/h5-8H,3-4,9-17H2,1-2H3,(H,28,34)(H3,26,27,29,30). The van der Waals surface area contributed by atoms with Crippen LogP contribution in [0.2, 0.25) is 0 Å². The molecule has 2 saturated heterocycles. The van der Waals surface area contributed by atoms with Crippen LogP contribution in [-0.2, 0) is 13.1 Å². The Morgan fingerprint density at radius 2 is 1.80 bits per heavy atom. The van der Waals surface area contributed by atoms with E-state index in [2.05, 4.69) is 66.9 Å². The summed E-state index contributed by atoms with van der Waals surface area (Å²) in [6.07, 6.45) is 6.89. The first-order chi connectivity index (χ1) is 17.0. The average molecular weight is 497 g/mol. The Kier molecular flexibility index (Phi) is 7.04. The molecule has 2 fully saturated rings. The number of nitrogens with two attached hydrogens (primary N) is 1. The largest absolute Gasteiger partial charge is 0.382 e. The molecule has 0 atom stereocenters. The van der Waals surface area contributed by atoms with E-state index in [4.69, 9.17) is 5.73 Å². The molecule has 188 valence electrons. The van der Waals surface area contributed by atoms with Gasteiger partial charge in [0, 0.05) is 39.3 Å². The van der Waals surface area contributed by atoms with Crippen LogP contribution in [0.3, 0.4) is 0 Å². The molecule has 0 saturated carbocycles. The van der Waals surface area contributed by atoms with E-state index in [1.54, 1.807) is 4.57 Å². The molecule has 4 N–H and O–H groups in total. The van der Waals surface area contributed by atoms with Crippen molar-refractivity contribution < 1.29 is 0 Å². The molecular formula is C25H36N8OS. The zero-order valence-corrected chi connectivity index (χ0v) is 21.5. The SMILES string of the molecule is CCCCNc1nc(N)c2[nH]c(=O)n(Cc3ccc(CN4CC5(CCN(SC)CC5)C4)cc3)c2n1. The maximum absolute atomic E-state index is 12.7. The van der Waals surface area contributed by atoms with Gasteiger partial charge in [-0.15, -0.1) is 0 Å². The fourth-order valence-corrected chi connectivity index (χ4v) is 5.87. The summed E-state index contributed by atoms with van der Waals surface area (Å²) in [5.41, 5.74) is 9.80. The molecular weight excluding hydrogens is 460 g/mol. The van der Waals surface area contributed by atoms with E-state index in [-0.39, 0.29) is 11.5 Å². The summed E-state index contributed by atoms with van der Waals surface area (Å²) in [6, 6.07) is 8.57. The van der Waals surface area contributed by atoms with Crippen molar-refractivity contribution in [2.24, 2.45) is 5.41 Å². The van der Waals surface area contributed by atoms with E-state index in [1.165, 1.54) is 44.6 Å². The number of hydrogen-bond donors (Lipinski definition) is 3. The molecule has 0 amide bonds. The van der Waals surface area contributed by atoms with Crippen molar-refractivity contribution in [2.75, 3.05) is 50.0 Å². The maximum atomic E-state index is 12.7. The van der Waals surface area contributed by atoms with Crippen LogP contribution in [0.1, 0.15) is 43.7 Å². The number of nitrogens with one attached hydrogen (secondary N) is 2. The summed E-state index contributed by atoms with van der Waals surface area (Å²) in [6.45, 7) is 9.15. The van der Waals surface area contributed by atoms with Crippen molar-refractivity contribution in [3.8, 4) is 0 Å². The van der Waals surface area contributed by atoms with Crippen molar-refractivity contribution in [1.82, 2.24) is 28.7 Å². The number of piperidine rings is 1. The summed E-state index contributed by atoms with van der Waals surface area (Å²) < 4.78 is 4.11. The summed E-state index contributed by atoms with van der Waals surface area (Å²) in [7, 11) is 0. The van der Waals surface area contributed by atoms with Crippen LogP contribution < -0.4 is 16.7 Å². The van der Waals surface area contributed by atoms with Gasteiger partial charge in [0.15, 0.2) is 11.5 Å². The number of fused-ring (bicyclic) bond motifs is 1. The highest BCUT2D eigenvalue weighted by Gasteiger charge is 2.44. The maximum Gasteiger partial charge on any atom is 0.328 e. The fraction of sp³-hybridized carbons (Fsp3) is 0.560. The molecule has 0 aliphatic carbocycles. The van der Waals surface area contributed by atoms with E-state index in [0.717, 1.165) is 31.5 Å². The molecule has 2 aliphatic rings. The van der Waals surface area contributed by atoms with Gasteiger partial charge in [-0.3, -0.25) is 13.8 Å². The summed E-state index contributed by atoms with van der Waals surface area (Å²) in [5.74, 6) is 0.740. The predicted octanol–water partition coefficient (Wildman–Crippen LogP) is 3.14. The van der Waals surface area contributed by atoms with E-state index in [1.807, 2.05) is 11.9 Å². The Labute approximate surface area is 210 Å². The van der Waals surface area contributed by atoms with Gasteiger partial charge in [-0.05, 0) is 42.1 Å². The number of aromatic amines is 1. The van der Waals surface area contributed by atoms with Gasteiger partial charge in [0.25, 0.3) is 0 Å². The monoisotopic (exact) mass is 496 g/mol. The third kappa shape index (κ3) is 5.19. The van der Waals surface area contributed by atoms with Crippen LogP contribution in [0.5, 0.6) is 0 Å². The van der Waals surface area contributed by atoms with Crippen LogP contribution >= 0.6 is 11.9 Å².